The Morgan fingerprint density at radius 2 is 1.65 bits per heavy atom. The SMILES string of the molecule is Cc1ccccc1Oc1ccc(N=Cc2ccc(C)n2C)cc1. The highest BCUT2D eigenvalue weighted by molar-refractivity contribution is 5.80. The minimum absolute atomic E-state index is 0.813. The monoisotopic (exact) mass is 304 g/mol. The first kappa shape index (κ1) is 15.1. The number of aromatic nitrogens is 1. The van der Waals surface area contributed by atoms with Crippen molar-refractivity contribution in [3.63, 3.8) is 0 Å². The fourth-order valence-electron chi connectivity index (χ4n) is 2.30. The molecule has 0 spiro atoms. The minimum Gasteiger partial charge on any atom is -0.457 e. The van der Waals surface area contributed by atoms with Crippen LogP contribution in [0.15, 0.2) is 65.7 Å². The molecular weight excluding hydrogens is 284 g/mol. The van der Waals surface area contributed by atoms with Gasteiger partial charge in [0.15, 0.2) is 0 Å². The quantitative estimate of drug-likeness (QED) is 0.610. The van der Waals surface area contributed by atoms with Crippen molar-refractivity contribution in [3.8, 4) is 11.5 Å². The Bertz CT molecular complexity index is 829. The molecule has 0 aliphatic carbocycles. The van der Waals surface area contributed by atoms with Gasteiger partial charge < -0.3 is 9.30 Å². The Morgan fingerprint density at radius 3 is 2.30 bits per heavy atom. The molecule has 0 atom stereocenters. The molecule has 0 saturated heterocycles. The van der Waals surface area contributed by atoms with Gasteiger partial charge in [-0.25, -0.2) is 0 Å². The van der Waals surface area contributed by atoms with E-state index in [9.17, 15) is 0 Å². The Morgan fingerprint density at radius 1 is 0.913 bits per heavy atom. The van der Waals surface area contributed by atoms with Crippen LogP contribution in [0.3, 0.4) is 0 Å². The van der Waals surface area contributed by atoms with Gasteiger partial charge in [-0.05, 0) is 61.9 Å². The molecule has 116 valence electrons. The van der Waals surface area contributed by atoms with Gasteiger partial charge in [-0.3, -0.25) is 4.99 Å². The molecule has 0 aliphatic heterocycles. The smallest absolute Gasteiger partial charge is 0.130 e. The summed E-state index contributed by atoms with van der Waals surface area (Å²) in [5.41, 5.74) is 4.32. The molecule has 23 heavy (non-hydrogen) atoms. The summed E-state index contributed by atoms with van der Waals surface area (Å²) in [6.45, 7) is 4.12. The number of ether oxygens (including phenoxy) is 1. The van der Waals surface area contributed by atoms with Crippen LogP contribution in [0.2, 0.25) is 0 Å². The van der Waals surface area contributed by atoms with E-state index in [1.807, 2.05) is 68.7 Å². The Kier molecular flexibility index (Phi) is 4.29. The van der Waals surface area contributed by atoms with Crippen LogP contribution in [-0.4, -0.2) is 10.8 Å². The molecule has 0 unspecified atom stereocenters. The Balaban J connectivity index is 1.72. The standard InChI is InChI=1S/C20H20N2O/c1-15-6-4-5-7-20(15)23-19-12-9-17(10-13-19)21-14-18-11-8-16(2)22(18)3/h4-14H,1-3H3. The van der Waals surface area contributed by atoms with E-state index in [1.54, 1.807) is 0 Å². The maximum Gasteiger partial charge on any atom is 0.130 e. The molecule has 2 aromatic carbocycles. The number of hydrogen-bond donors (Lipinski definition) is 0. The minimum atomic E-state index is 0.813. The second kappa shape index (κ2) is 6.53. The highest BCUT2D eigenvalue weighted by atomic mass is 16.5. The molecule has 0 radical (unpaired) electrons. The van der Waals surface area contributed by atoms with E-state index in [1.165, 1.54) is 5.69 Å². The van der Waals surface area contributed by atoms with Gasteiger partial charge in [-0.15, -0.1) is 0 Å². The third kappa shape index (κ3) is 3.51. The van der Waals surface area contributed by atoms with Crippen LogP contribution >= 0.6 is 0 Å². The average molecular weight is 304 g/mol. The van der Waals surface area contributed by atoms with Crippen molar-refractivity contribution in [1.82, 2.24) is 4.57 Å². The molecule has 1 heterocycles. The predicted octanol–water partition coefficient (Wildman–Crippen LogP) is 5.18. The molecule has 0 saturated carbocycles. The number of aliphatic imine (C=N–C) groups is 1. The number of nitrogens with zero attached hydrogens (tertiary/aromatic N) is 2. The van der Waals surface area contributed by atoms with Gasteiger partial charge >= 0.3 is 0 Å². The second-order valence-corrected chi connectivity index (χ2v) is 5.58. The molecule has 0 N–H and O–H groups in total. The first-order valence-corrected chi connectivity index (χ1v) is 7.63. The maximum atomic E-state index is 5.89. The third-order valence-electron chi connectivity index (χ3n) is 3.92. The van der Waals surface area contributed by atoms with Gasteiger partial charge in [-0.1, -0.05) is 18.2 Å². The van der Waals surface area contributed by atoms with Crippen molar-refractivity contribution in [1.29, 1.82) is 0 Å². The van der Waals surface area contributed by atoms with Crippen molar-refractivity contribution in [2.75, 3.05) is 0 Å². The molecule has 3 nitrogen and oxygen atoms in total. The average Bonchev–Trinajstić information content (AvgIpc) is 2.88. The number of benzene rings is 2. The van der Waals surface area contributed by atoms with E-state index in [0.717, 1.165) is 28.4 Å². The zero-order valence-corrected chi connectivity index (χ0v) is 13.7. The molecule has 0 fully saturated rings. The van der Waals surface area contributed by atoms with E-state index in [4.69, 9.17) is 4.74 Å². The van der Waals surface area contributed by atoms with Crippen molar-refractivity contribution in [2.45, 2.75) is 13.8 Å². The van der Waals surface area contributed by atoms with E-state index < -0.39 is 0 Å². The first-order chi connectivity index (χ1) is 11.1. The zero-order valence-electron chi connectivity index (χ0n) is 13.7. The van der Waals surface area contributed by atoms with E-state index in [2.05, 4.69) is 28.6 Å². The van der Waals surface area contributed by atoms with Gasteiger partial charge in [0, 0.05) is 12.7 Å². The van der Waals surface area contributed by atoms with Gasteiger partial charge in [-0.2, -0.15) is 0 Å². The summed E-state index contributed by atoms with van der Waals surface area (Å²) in [4.78, 5) is 4.51. The summed E-state index contributed by atoms with van der Waals surface area (Å²) in [5, 5.41) is 0. The van der Waals surface area contributed by atoms with E-state index in [-0.39, 0.29) is 0 Å². The molecule has 3 aromatic rings. The summed E-state index contributed by atoms with van der Waals surface area (Å²) in [6.07, 6.45) is 1.88. The van der Waals surface area contributed by atoms with E-state index >= 15 is 0 Å². The molecule has 3 rings (SSSR count). The van der Waals surface area contributed by atoms with Crippen LogP contribution in [0, 0.1) is 13.8 Å². The Hall–Kier alpha value is -2.81. The van der Waals surface area contributed by atoms with Crippen molar-refractivity contribution in [2.24, 2.45) is 12.0 Å². The molecule has 0 bridgehead atoms. The van der Waals surface area contributed by atoms with Crippen LogP contribution in [0.1, 0.15) is 17.0 Å². The fourth-order valence-corrected chi connectivity index (χ4v) is 2.30. The predicted molar refractivity (Wildman–Crippen MR) is 95.1 cm³/mol. The summed E-state index contributed by atoms with van der Waals surface area (Å²) >= 11 is 0. The highest BCUT2D eigenvalue weighted by Gasteiger charge is 2.01. The number of para-hydroxylation sites is 1. The molecular formula is C20H20N2O. The van der Waals surface area contributed by atoms with E-state index in [0.29, 0.717) is 0 Å². The lowest BCUT2D eigenvalue weighted by atomic mass is 10.2. The van der Waals surface area contributed by atoms with Crippen LogP contribution in [0.5, 0.6) is 11.5 Å². The van der Waals surface area contributed by atoms with Crippen molar-refractivity contribution < 1.29 is 4.74 Å². The van der Waals surface area contributed by atoms with Gasteiger partial charge in [0.05, 0.1) is 17.6 Å². The van der Waals surface area contributed by atoms with Crippen LogP contribution in [-0.2, 0) is 7.05 Å². The largest absolute Gasteiger partial charge is 0.457 e. The van der Waals surface area contributed by atoms with Crippen molar-refractivity contribution in [3.05, 3.63) is 77.6 Å². The maximum absolute atomic E-state index is 5.89. The van der Waals surface area contributed by atoms with Crippen molar-refractivity contribution >= 4 is 11.9 Å². The summed E-state index contributed by atoms with van der Waals surface area (Å²) in [7, 11) is 2.04. The molecule has 1 aromatic heterocycles. The Labute approximate surface area is 136 Å². The van der Waals surface area contributed by atoms with Crippen LogP contribution < -0.4 is 4.74 Å². The third-order valence-corrected chi connectivity index (χ3v) is 3.92. The number of rotatable bonds is 4. The highest BCUT2D eigenvalue weighted by Crippen LogP contribution is 2.26. The second-order valence-electron chi connectivity index (χ2n) is 5.58. The summed E-state index contributed by atoms with van der Waals surface area (Å²) in [6, 6.07) is 19.9. The summed E-state index contributed by atoms with van der Waals surface area (Å²) in [5.74, 6) is 1.69. The molecule has 0 aliphatic rings. The van der Waals surface area contributed by atoms with Crippen LogP contribution in [0.25, 0.3) is 0 Å². The molecule has 0 amide bonds. The lowest BCUT2D eigenvalue weighted by molar-refractivity contribution is 0.479. The van der Waals surface area contributed by atoms with Gasteiger partial charge in [0.25, 0.3) is 0 Å². The zero-order chi connectivity index (χ0) is 16.2. The fraction of sp³-hybridized carbons (Fsp3) is 0.150. The van der Waals surface area contributed by atoms with Gasteiger partial charge in [0.1, 0.15) is 11.5 Å². The topological polar surface area (TPSA) is 26.5 Å². The van der Waals surface area contributed by atoms with Crippen LogP contribution in [0.4, 0.5) is 5.69 Å². The lowest BCUT2D eigenvalue weighted by Gasteiger charge is -2.08. The lowest BCUT2D eigenvalue weighted by Crippen LogP contribution is -1.96. The number of aryl methyl sites for hydroxylation is 2. The van der Waals surface area contributed by atoms with Gasteiger partial charge in [0.2, 0.25) is 0 Å². The molecule has 3 heteroatoms. The summed E-state index contributed by atoms with van der Waals surface area (Å²) < 4.78 is 8.00. The normalized spacial score (nSPS) is 11.1. The number of hydrogen-bond acceptors (Lipinski definition) is 2. The first-order valence-electron chi connectivity index (χ1n) is 7.63.